The molecule has 0 spiro atoms. The summed E-state index contributed by atoms with van der Waals surface area (Å²) in [4.78, 5) is 24.8. The van der Waals surface area contributed by atoms with Gasteiger partial charge in [0.25, 0.3) is 0 Å². The molecule has 20 heavy (non-hydrogen) atoms. The van der Waals surface area contributed by atoms with Crippen LogP contribution in [0.2, 0.25) is 0 Å². The van der Waals surface area contributed by atoms with Crippen LogP contribution < -0.4 is 4.90 Å². The Labute approximate surface area is 118 Å². The van der Waals surface area contributed by atoms with Gasteiger partial charge in [-0.15, -0.1) is 0 Å². The van der Waals surface area contributed by atoms with Crippen molar-refractivity contribution in [3.8, 4) is 0 Å². The SMILES string of the molecule is CCC(=O)C(=N)c1cc(C(=O)O)cc(N(CC)CC)c1. The zero-order chi connectivity index (χ0) is 15.3. The number of aromatic carboxylic acids is 1. The number of rotatable bonds is 7. The molecule has 108 valence electrons. The maximum atomic E-state index is 11.6. The van der Waals surface area contributed by atoms with Crippen LogP contribution in [-0.2, 0) is 4.79 Å². The quantitative estimate of drug-likeness (QED) is 0.750. The molecule has 0 aromatic heterocycles. The number of hydrogen-bond acceptors (Lipinski definition) is 4. The summed E-state index contributed by atoms with van der Waals surface area (Å²) in [5.74, 6) is -1.35. The minimum absolute atomic E-state index is 0.0954. The minimum Gasteiger partial charge on any atom is -0.478 e. The molecule has 1 rings (SSSR count). The molecule has 0 unspecified atom stereocenters. The Kier molecular flexibility index (Phi) is 5.43. The molecule has 0 aliphatic rings. The Hall–Kier alpha value is -2.17. The number of nitrogens with one attached hydrogen (secondary N) is 1. The number of ketones is 1. The molecule has 1 aromatic carbocycles. The summed E-state index contributed by atoms with van der Waals surface area (Å²) < 4.78 is 0. The molecule has 0 aliphatic heterocycles. The zero-order valence-electron chi connectivity index (χ0n) is 12.1. The van der Waals surface area contributed by atoms with Gasteiger partial charge in [0, 0.05) is 30.8 Å². The number of hydrogen-bond donors (Lipinski definition) is 2. The molecule has 1 aromatic rings. The van der Waals surface area contributed by atoms with E-state index in [9.17, 15) is 9.59 Å². The largest absolute Gasteiger partial charge is 0.478 e. The van der Waals surface area contributed by atoms with Crippen LogP contribution in [0.4, 0.5) is 5.69 Å². The van der Waals surface area contributed by atoms with Gasteiger partial charge in [0.15, 0.2) is 5.78 Å². The molecule has 5 heteroatoms. The highest BCUT2D eigenvalue weighted by atomic mass is 16.4. The van der Waals surface area contributed by atoms with Gasteiger partial charge in [-0.05, 0) is 32.0 Å². The van der Waals surface area contributed by atoms with E-state index in [0.29, 0.717) is 5.56 Å². The van der Waals surface area contributed by atoms with E-state index in [2.05, 4.69) is 0 Å². The first-order chi connectivity index (χ1) is 9.44. The standard InChI is InChI=1S/C15H20N2O3/c1-4-13(18)14(16)10-7-11(15(19)20)9-12(8-10)17(5-2)6-3/h7-9,16H,4-6H2,1-3H3,(H,19,20). The van der Waals surface area contributed by atoms with E-state index >= 15 is 0 Å². The highest BCUT2D eigenvalue weighted by Gasteiger charge is 2.16. The molecule has 5 nitrogen and oxygen atoms in total. The van der Waals surface area contributed by atoms with Crippen LogP contribution in [0.1, 0.15) is 43.1 Å². The topological polar surface area (TPSA) is 81.5 Å². The van der Waals surface area contributed by atoms with Crippen LogP contribution >= 0.6 is 0 Å². The molecule has 0 bridgehead atoms. The lowest BCUT2D eigenvalue weighted by Crippen LogP contribution is -2.23. The second-order valence-corrected chi connectivity index (χ2v) is 4.40. The highest BCUT2D eigenvalue weighted by molar-refractivity contribution is 6.45. The van der Waals surface area contributed by atoms with E-state index in [1.54, 1.807) is 19.1 Å². The van der Waals surface area contributed by atoms with Crippen molar-refractivity contribution in [1.29, 1.82) is 5.41 Å². The summed E-state index contributed by atoms with van der Waals surface area (Å²) in [6.07, 6.45) is 0.233. The van der Waals surface area contributed by atoms with E-state index in [1.807, 2.05) is 18.7 Å². The molecule has 0 fully saturated rings. The van der Waals surface area contributed by atoms with Crippen LogP contribution in [0.25, 0.3) is 0 Å². The van der Waals surface area contributed by atoms with Crippen molar-refractivity contribution in [3.63, 3.8) is 0 Å². The summed E-state index contributed by atoms with van der Waals surface area (Å²) in [5.41, 5.74) is 1.04. The number of anilines is 1. The average Bonchev–Trinajstić information content (AvgIpc) is 2.46. The molecule has 0 atom stereocenters. The number of carbonyl (C=O) groups excluding carboxylic acids is 1. The summed E-state index contributed by atoms with van der Waals surface area (Å²) in [5, 5.41) is 17.0. The number of nitrogens with zero attached hydrogens (tertiary/aromatic N) is 1. The smallest absolute Gasteiger partial charge is 0.335 e. The number of Topliss-reactive ketones (excluding diaryl/α,β-unsaturated/α-hetero) is 1. The lowest BCUT2D eigenvalue weighted by atomic mass is 10.0. The van der Waals surface area contributed by atoms with Crippen LogP contribution in [0.3, 0.4) is 0 Å². The monoisotopic (exact) mass is 276 g/mol. The van der Waals surface area contributed by atoms with Crippen molar-refractivity contribution >= 4 is 23.2 Å². The van der Waals surface area contributed by atoms with Crippen LogP contribution in [0, 0.1) is 5.41 Å². The average molecular weight is 276 g/mol. The number of carboxylic acids is 1. The van der Waals surface area contributed by atoms with Gasteiger partial charge in [-0.3, -0.25) is 10.2 Å². The van der Waals surface area contributed by atoms with Crippen LogP contribution in [-0.4, -0.2) is 35.7 Å². The Balaban J connectivity index is 3.34. The third kappa shape index (κ3) is 3.44. The van der Waals surface area contributed by atoms with E-state index in [-0.39, 0.29) is 23.5 Å². The van der Waals surface area contributed by atoms with Crippen molar-refractivity contribution < 1.29 is 14.7 Å². The number of carboxylic acid groups (broad SMARTS) is 1. The van der Waals surface area contributed by atoms with Crippen molar-refractivity contribution in [2.75, 3.05) is 18.0 Å². The highest BCUT2D eigenvalue weighted by Crippen LogP contribution is 2.20. The third-order valence-corrected chi connectivity index (χ3v) is 3.18. The van der Waals surface area contributed by atoms with Gasteiger partial charge in [-0.2, -0.15) is 0 Å². The predicted molar refractivity (Wildman–Crippen MR) is 79.1 cm³/mol. The lowest BCUT2D eigenvalue weighted by Gasteiger charge is -2.22. The molecular weight excluding hydrogens is 256 g/mol. The van der Waals surface area contributed by atoms with Gasteiger partial charge >= 0.3 is 5.97 Å². The second-order valence-electron chi connectivity index (χ2n) is 4.40. The van der Waals surface area contributed by atoms with Gasteiger partial charge in [0.1, 0.15) is 5.71 Å². The first-order valence-corrected chi connectivity index (χ1v) is 6.69. The summed E-state index contributed by atoms with van der Waals surface area (Å²) in [6, 6.07) is 4.66. The zero-order valence-corrected chi connectivity index (χ0v) is 12.1. The van der Waals surface area contributed by atoms with Crippen molar-refractivity contribution in [2.24, 2.45) is 0 Å². The second kappa shape index (κ2) is 6.84. The van der Waals surface area contributed by atoms with E-state index in [4.69, 9.17) is 10.5 Å². The maximum Gasteiger partial charge on any atom is 0.335 e. The van der Waals surface area contributed by atoms with E-state index < -0.39 is 5.97 Å². The fourth-order valence-electron chi connectivity index (χ4n) is 1.99. The van der Waals surface area contributed by atoms with Crippen LogP contribution in [0.5, 0.6) is 0 Å². The van der Waals surface area contributed by atoms with E-state index in [0.717, 1.165) is 18.8 Å². The molecule has 0 saturated carbocycles. The Morgan fingerprint density at radius 2 is 1.65 bits per heavy atom. The Morgan fingerprint density at radius 3 is 2.10 bits per heavy atom. The van der Waals surface area contributed by atoms with Crippen LogP contribution in [0.15, 0.2) is 18.2 Å². The molecule has 2 N–H and O–H groups in total. The van der Waals surface area contributed by atoms with Crippen molar-refractivity contribution in [2.45, 2.75) is 27.2 Å². The van der Waals surface area contributed by atoms with E-state index in [1.165, 1.54) is 6.07 Å². The molecule has 0 aliphatic carbocycles. The molecule has 0 heterocycles. The van der Waals surface area contributed by atoms with Gasteiger partial charge in [0.05, 0.1) is 5.56 Å². The van der Waals surface area contributed by atoms with Gasteiger partial charge in [-0.1, -0.05) is 6.92 Å². The minimum atomic E-state index is -1.06. The fourth-order valence-corrected chi connectivity index (χ4v) is 1.99. The lowest BCUT2D eigenvalue weighted by molar-refractivity contribution is -0.112. The number of carbonyl (C=O) groups is 2. The summed E-state index contributed by atoms with van der Waals surface area (Å²) in [7, 11) is 0. The van der Waals surface area contributed by atoms with Crippen molar-refractivity contribution in [3.05, 3.63) is 29.3 Å². The molecular formula is C15H20N2O3. The van der Waals surface area contributed by atoms with Gasteiger partial charge in [0.2, 0.25) is 0 Å². The molecule has 0 saturated heterocycles. The molecule has 0 radical (unpaired) electrons. The normalized spacial score (nSPS) is 10.2. The van der Waals surface area contributed by atoms with Crippen molar-refractivity contribution in [1.82, 2.24) is 0 Å². The first kappa shape index (κ1) is 15.9. The molecule has 0 amide bonds. The summed E-state index contributed by atoms with van der Waals surface area (Å²) in [6.45, 7) is 7.09. The Morgan fingerprint density at radius 1 is 1.10 bits per heavy atom. The summed E-state index contributed by atoms with van der Waals surface area (Å²) >= 11 is 0. The first-order valence-electron chi connectivity index (χ1n) is 6.69. The van der Waals surface area contributed by atoms with Gasteiger partial charge in [-0.25, -0.2) is 4.79 Å². The fraction of sp³-hybridized carbons (Fsp3) is 0.400. The predicted octanol–water partition coefficient (Wildman–Crippen LogP) is 2.58. The maximum absolute atomic E-state index is 11.6. The number of benzene rings is 1. The van der Waals surface area contributed by atoms with Gasteiger partial charge < -0.3 is 10.0 Å². The Bertz CT molecular complexity index is 534. The third-order valence-electron chi connectivity index (χ3n) is 3.18.